The van der Waals surface area contributed by atoms with Crippen molar-refractivity contribution in [2.75, 3.05) is 13.2 Å². The molecule has 0 amide bonds. The van der Waals surface area contributed by atoms with Gasteiger partial charge in [0.2, 0.25) is 5.89 Å². The SMILES string of the molecule is CCc1ccc2oc(-c3ccc(OCCN4C(C)(C)CCCC4(C)C)cc3)nc2c1. The van der Waals surface area contributed by atoms with E-state index in [0.717, 1.165) is 35.4 Å². The molecular formula is C26H34N2O2. The number of nitrogens with zero attached hydrogens (tertiary/aromatic N) is 2. The van der Waals surface area contributed by atoms with Crippen molar-refractivity contribution in [3.8, 4) is 17.2 Å². The second-order valence-electron chi connectivity index (χ2n) is 9.68. The number of rotatable bonds is 6. The van der Waals surface area contributed by atoms with Gasteiger partial charge < -0.3 is 9.15 Å². The highest BCUT2D eigenvalue weighted by Gasteiger charge is 2.40. The number of hydrogen-bond acceptors (Lipinski definition) is 4. The van der Waals surface area contributed by atoms with E-state index in [1.165, 1.54) is 24.8 Å². The summed E-state index contributed by atoms with van der Waals surface area (Å²) in [6, 6.07) is 14.3. The molecule has 30 heavy (non-hydrogen) atoms. The second-order valence-corrected chi connectivity index (χ2v) is 9.68. The highest BCUT2D eigenvalue weighted by Crippen LogP contribution is 2.37. The van der Waals surface area contributed by atoms with E-state index in [4.69, 9.17) is 9.15 Å². The molecule has 0 bridgehead atoms. The molecule has 1 aliphatic rings. The van der Waals surface area contributed by atoms with Gasteiger partial charge in [-0.3, -0.25) is 4.90 Å². The van der Waals surface area contributed by atoms with Crippen LogP contribution >= 0.6 is 0 Å². The number of piperidine rings is 1. The summed E-state index contributed by atoms with van der Waals surface area (Å²) in [5.41, 5.74) is 4.42. The monoisotopic (exact) mass is 406 g/mol. The van der Waals surface area contributed by atoms with Gasteiger partial charge in [0.05, 0.1) is 0 Å². The van der Waals surface area contributed by atoms with Gasteiger partial charge in [-0.25, -0.2) is 4.98 Å². The van der Waals surface area contributed by atoms with Crippen molar-refractivity contribution in [1.82, 2.24) is 9.88 Å². The molecule has 1 aliphatic heterocycles. The van der Waals surface area contributed by atoms with E-state index in [1.54, 1.807) is 0 Å². The van der Waals surface area contributed by atoms with Crippen LogP contribution in [0.4, 0.5) is 0 Å². The van der Waals surface area contributed by atoms with Crippen molar-refractivity contribution in [3.05, 3.63) is 48.0 Å². The molecule has 1 fully saturated rings. The number of hydrogen-bond donors (Lipinski definition) is 0. The molecule has 0 N–H and O–H groups in total. The summed E-state index contributed by atoms with van der Waals surface area (Å²) >= 11 is 0. The highest BCUT2D eigenvalue weighted by atomic mass is 16.5. The minimum Gasteiger partial charge on any atom is -0.492 e. The van der Waals surface area contributed by atoms with Crippen molar-refractivity contribution >= 4 is 11.1 Å². The van der Waals surface area contributed by atoms with Gasteiger partial charge in [-0.2, -0.15) is 0 Å². The fourth-order valence-electron chi connectivity index (χ4n) is 4.91. The lowest BCUT2D eigenvalue weighted by atomic mass is 9.80. The van der Waals surface area contributed by atoms with Gasteiger partial charge in [0.15, 0.2) is 5.58 Å². The fourth-order valence-corrected chi connectivity index (χ4v) is 4.91. The maximum absolute atomic E-state index is 6.08. The molecular weight excluding hydrogens is 372 g/mol. The number of benzene rings is 2. The Labute approximate surface area is 180 Å². The number of oxazole rings is 1. The Morgan fingerprint density at radius 2 is 1.70 bits per heavy atom. The Bertz CT molecular complexity index is 986. The van der Waals surface area contributed by atoms with Gasteiger partial charge in [0.25, 0.3) is 0 Å². The van der Waals surface area contributed by atoms with Crippen LogP contribution in [0.2, 0.25) is 0 Å². The Kier molecular flexibility index (Phi) is 5.63. The first-order chi connectivity index (χ1) is 14.3. The third kappa shape index (κ3) is 4.24. The molecule has 160 valence electrons. The molecule has 2 heterocycles. The van der Waals surface area contributed by atoms with Crippen LogP contribution in [0.15, 0.2) is 46.9 Å². The smallest absolute Gasteiger partial charge is 0.227 e. The number of aryl methyl sites for hydroxylation is 1. The van der Waals surface area contributed by atoms with Crippen LogP contribution in [-0.4, -0.2) is 34.1 Å². The Morgan fingerprint density at radius 1 is 1.00 bits per heavy atom. The summed E-state index contributed by atoms with van der Waals surface area (Å²) in [5.74, 6) is 1.54. The Morgan fingerprint density at radius 3 is 2.37 bits per heavy atom. The first kappa shape index (κ1) is 20.9. The van der Waals surface area contributed by atoms with E-state index in [9.17, 15) is 0 Å². The average Bonchev–Trinajstić information content (AvgIpc) is 3.13. The van der Waals surface area contributed by atoms with Crippen molar-refractivity contribution < 1.29 is 9.15 Å². The molecule has 0 aliphatic carbocycles. The van der Waals surface area contributed by atoms with Gasteiger partial charge in [-0.1, -0.05) is 13.0 Å². The van der Waals surface area contributed by atoms with Gasteiger partial charge in [0, 0.05) is 23.2 Å². The average molecular weight is 407 g/mol. The van der Waals surface area contributed by atoms with Crippen LogP contribution in [0.5, 0.6) is 5.75 Å². The maximum Gasteiger partial charge on any atom is 0.227 e. The molecule has 0 spiro atoms. The molecule has 3 aromatic rings. The lowest BCUT2D eigenvalue weighted by Crippen LogP contribution is -2.59. The molecule has 4 nitrogen and oxygen atoms in total. The molecule has 0 saturated carbocycles. The first-order valence-corrected chi connectivity index (χ1v) is 11.2. The largest absolute Gasteiger partial charge is 0.492 e. The number of fused-ring (bicyclic) bond motifs is 1. The maximum atomic E-state index is 6.08. The topological polar surface area (TPSA) is 38.5 Å². The summed E-state index contributed by atoms with van der Waals surface area (Å²) in [5, 5.41) is 0. The molecule has 4 heteroatoms. The second kappa shape index (κ2) is 8.07. The molecule has 1 saturated heterocycles. The third-order valence-corrected chi connectivity index (χ3v) is 6.58. The van der Waals surface area contributed by atoms with E-state index in [1.807, 2.05) is 30.3 Å². The summed E-state index contributed by atoms with van der Waals surface area (Å²) in [7, 11) is 0. The van der Waals surface area contributed by atoms with E-state index in [2.05, 4.69) is 56.6 Å². The van der Waals surface area contributed by atoms with Crippen LogP contribution in [0.1, 0.15) is 59.4 Å². The van der Waals surface area contributed by atoms with Crippen LogP contribution in [0.3, 0.4) is 0 Å². The van der Waals surface area contributed by atoms with Gasteiger partial charge in [-0.15, -0.1) is 0 Å². The Hall–Kier alpha value is -2.33. The number of likely N-dealkylation sites (tertiary alicyclic amines) is 1. The summed E-state index contributed by atoms with van der Waals surface area (Å²) < 4.78 is 12.0. The van der Waals surface area contributed by atoms with Crippen molar-refractivity contribution in [2.45, 2.75) is 71.4 Å². The van der Waals surface area contributed by atoms with Gasteiger partial charge >= 0.3 is 0 Å². The number of aromatic nitrogens is 1. The summed E-state index contributed by atoms with van der Waals surface area (Å²) in [6.07, 6.45) is 4.79. The van der Waals surface area contributed by atoms with Crippen LogP contribution in [0.25, 0.3) is 22.6 Å². The fraction of sp³-hybridized carbons (Fsp3) is 0.500. The zero-order valence-electron chi connectivity index (χ0n) is 19.0. The van der Waals surface area contributed by atoms with E-state index >= 15 is 0 Å². The van der Waals surface area contributed by atoms with Gasteiger partial charge in [-0.05, 0) is 95.3 Å². The van der Waals surface area contributed by atoms with Crippen molar-refractivity contribution in [2.24, 2.45) is 0 Å². The molecule has 0 unspecified atom stereocenters. The molecule has 2 aromatic carbocycles. The minimum absolute atomic E-state index is 0.222. The Balaban J connectivity index is 1.40. The predicted molar refractivity (Wildman–Crippen MR) is 123 cm³/mol. The molecule has 4 rings (SSSR count). The lowest BCUT2D eigenvalue weighted by molar-refractivity contribution is -0.0340. The quantitative estimate of drug-likeness (QED) is 0.470. The molecule has 0 radical (unpaired) electrons. The zero-order chi connectivity index (χ0) is 21.4. The van der Waals surface area contributed by atoms with Crippen molar-refractivity contribution in [1.29, 1.82) is 0 Å². The zero-order valence-corrected chi connectivity index (χ0v) is 19.0. The lowest BCUT2D eigenvalue weighted by Gasteiger charge is -2.53. The highest BCUT2D eigenvalue weighted by molar-refractivity contribution is 5.77. The third-order valence-electron chi connectivity index (χ3n) is 6.58. The summed E-state index contributed by atoms with van der Waals surface area (Å²) in [4.78, 5) is 7.27. The standard InChI is InChI=1S/C26H34N2O2/c1-6-19-8-13-23-22(18-19)27-24(30-23)20-9-11-21(12-10-20)29-17-16-28-25(2,3)14-7-15-26(28,4)5/h8-13,18H,6-7,14-17H2,1-5H3. The van der Waals surface area contributed by atoms with Crippen LogP contribution < -0.4 is 4.74 Å². The van der Waals surface area contributed by atoms with Crippen LogP contribution in [0, 0.1) is 0 Å². The normalized spacial score (nSPS) is 18.6. The van der Waals surface area contributed by atoms with Crippen molar-refractivity contribution in [3.63, 3.8) is 0 Å². The van der Waals surface area contributed by atoms with E-state index in [-0.39, 0.29) is 11.1 Å². The molecule has 0 atom stereocenters. The minimum atomic E-state index is 0.222. The molecule has 1 aromatic heterocycles. The first-order valence-electron chi connectivity index (χ1n) is 11.2. The van der Waals surface area contributed by atoms with Gasteiger partial charge in [0.1, 0.15) is 17.9 Å². The summed E-state index contributed by atoms with van der Waals surface area (Å²) in [6.45, 7) is 13.2. The number of ether oxygens (including phenoxy) is 1. The van der Waals surface area contributed by atoms with Crippen LogP contribution in [-0.2, 0) is 6.42 Å². The predicted octanol–water partition coefficient (Wildman–Crippen LogP) is 6.48. The van der Waals surface area contributed by atoms with E-state index < -0.39 is 0 Å². The van der Waals surface area contributed by atoms with E-state index in [0.29, 0.717) is 12.5 Å².